The van der Waals surface area contributed by atoms with Gasteiger partial charge in [-0.25, -0.2) is 0 Å². The van der Waals surface area contributed by atoms with Crippen molar-refractivity contribution in [2.24, 2.45) is 0 Å². The third-order valence-corrected chi connectivity index (χ3v) is 3.21. The van der Waals surface area contributed by atoms with Gasteiger partial charge < -0.3 is 0 Å². The van der Waals surface area contributed by atoms with Crippen LogP contribution in [0.2, 0.25) is 0 Å². The van der Waals surface area contributed by atoms with Crippen LogP contribution in [0.5, 0.6) is 0 Å². The summed E-state index contributed by atoms with van der Waals surface area (Å²) < 4.78 is 4.39. The SMILES string of the molecule is Cc1ncn(-c2ccccc2C(C)C)[n+]1C(C)C. The Morgan fingerprint density at radius 3 is 2.39 bits per heavy atom. The first-order valence-electron chi connectivity index (χ1n) is 6.57. The third-order valence-electron chi connectivity index (χ3n) is 3.21. The van der Waals surface area contributed by atoms with Gasteiger partial charge in [0.15, 0.2) is 0 Å². The fraction of sp³-hybridized carbons (Fsp3) is 0.467. The van der Waals surface area contributed by atoms with Crippen molar-refractivity contribution in [2.45, 2.75) is 46.6 Å². The van der Waals surface area contributed by atoms with Gasteiger partial charge in [-0.05, 0) is 36.4 Å². The smallest absolute Gasteiger partial charge is 0.147 e. The van der Waals surface area contributed by atoms with E-state index in [0.29, 0.717) is 12.0 Å². The Kier molecular flexibility index (Phi) is 3.50. The van der Waals surface area contributed by atoms with Crippen molar-refractivity contribution >= 4 is 0 Å². The third kappa shape index (κ3) is 2.17. The highest BCUT2D eigenvalue weighted by molar-refractivity contribution is 5.41. The van der Waals surface area contributed by atoms with E-state index in [-0.39, 0.29) is 0 Å². The minimum absolute atomic E-state index is 0.396. The summed E-state index contributed by atoms with van der Waals surface area (Å²) in [5.74, 6) is 1.55. The molecule has 1 heterocycles. The summed E-state index contributed by atoms with van der Waals surface area (Å²) in [6.07, 6.45) is 1.91. The first kappa shape index (κ1) is 12.8. The van der Waals surface area contributed by atoms with Gasteiger partial charge in [0.2, 0.25) is 6.33 Å². The van der Waals surface area contributed by atoms with Crippen LogP contribution >= 0.6 is 0 Å². The Labute approximate surface area is 109 Å². The largest absolute Gasteiger partial charge is 0.316 e. The monoisotopic (exact) mass is 244 g/mol. The number of nitrogens with zero attached hydrogens (tertiary/aromatic N) is 3. The number of para-hydroxylation sites is 1. The van der Waals surface area contributed by atoms with Crippen molar-refractivity contribution in [3.05, 3.63) is 42.0 Å². The second-order valence-electron chi connectivity index (χ2n) is 5.29. The van der Waals surface area contributed by atoms with Crippen molar-refractivity contribution in [3.63, 3.8) is 0 Å². The van der Waals surface area contributed by atoms with Crippen LogP contribution in [-0.2, 0) is 0 Å². The van der Waals surface area contributed by atoms with Gasteiger partial charge in [-0.15, -0.1) is 9.36 Å². The van der Waals surface area contributed by atoms with Crippen molar-refractivity contribution < 1.29 is 4.68 Å². The Morgan fingerprint density at radius 2 is 1.78 bits per heavy atom. The molecule has 2 rings (SSSR count). The van der Waals surface area contributed by atoms with E-state index in [1.807, 2.05) is 6.33 Å². The molecule has 0 unspecified atom stereocenters. The van der Waals surface area contributed by atoms with E-state index < -0.39 is 0 Å². The maximum absolute atomic E-state index is 4.44. The first-order chi connectivity index (χ1) is 8.52. The molecule has 3 heteroatoms. The molecule has 0 saturated carbocycles. The molecule has 96 valence electrons. The predicted octanol–water partition coefficient (Wildman–Crippen LogP) is 3.17. The van der Waals surface area contributed by atoms with Crippen molar-refractivity contribution in [3.8, 4) is 5.69 Å². The van der Waals surface area contributed by atoms with Crippen LogP contribution in [0.15, 0.2) is 30.6 Å². The van der Waals surface area contributed by atoms with Crippen molar-refractivity contribution in [2.75, 3.05) is 0 Å². The van der Waals surface area contributed by atoms with E-state index in [1.165, 1.54) is 11.3 Å². The summed E-state index contributed by atoms with van der Waals surface area (Å²) >= 11 is 0. The quantitative estimate of drug-likeness (QED) is 0.760. The number of aryl methyl sites for hydroxylation is 1. The van der Waals surface area contributed by atoms with Gasteiger partial charge in [0.1, 0.15) is 6.04 Å². The van der Waals surface area contributed by atoms with E-state index in [2.05, 4.69) is 73.2 Å². The lowest BCUT2D eigenvalue weighted by atomic mass is 10.0. The minimum atomic E-state index is 0.396. The van der Waals surface area contributed by atoms with Gasteiger partial charge in [0, 0.05) is 6.92 Å². The molecule has 0 aliphatic rings. The van der Waals surface area contributed by atoms with Gasteiger partial charge in [0.05, 0.1) is 5.69 Å². The summed E-state index contributed by atoms with van der Waals surface area (Å²) in [4.78, 5) is 4.44. The molecule has 1 aromatic heterocycles. The topological polar surface area (TPSA) is 21.7 Å². The molecule has 1 aromatic carbocycles. The molecule has 0 amide bonds. The fourth-order valence-corrected chi connectivity index (χ4v) is 2.39. The fourth-order valence-electron chi connectivity index (χ4n) is 2.39. The lowest BCUT2D eigenvalue weighted by Gasteiger charge is -2.14. The lowest BCUT2D eigenvalue weighted by Crippen LogP contribution is -2.46. The van der Waals surface area contributed by atoms with E-state index in [0.717, 1.165) is 5.82 Å². The Hall–Kier alpha value is -1.64. The maximum atomic E-state index is 4.44. The van der Waals surface area contributed by atoms with Crippen molar-refractivity contribution in [1.29, 1.82) is 0 Å². The zero-order valence-corrected chi connectivity index (χ0v) is 11.9. The Balaban J connectivity index is 2.63. The van der Waals surface area contributed by atoms with E-state index in [1.54, 1.807) is 0 Å². The molecule has 0 spiro atoms. The lowest BCUT2D eigenvalue weighted by molar-refractivity contribution is -0.789. The molecular formula is C15H22N3+. The summed E-state index contributed by atoms with van der Waals surface area (Å²) in [5, 5.41) is 0. The highest BCUT2D eigenvalue weighted by Crippen LogP contribution is 2.21. The molecule has 0 N–H and O–H groups in total. The molecule has 3 nitrogen and oxygen atoms in total. The Bertz CT molecular complexity index is 538. The molecule has 0 radical (unpaired) electrons. The molecule has 0 atom stereocenters. The summed E-state index contributed by atoms with van der Waals surface area (Å²) in [6, 6.07) is 8.94. The predicted molar refractivity (Wildman–Crippen MR) is 73.0 cm³/mol. The number of benzene rings is 1. The first-order valence-corrected chi connectivity index (χ1v) is 6.57. The van der Waals surface area contributed by atoms with Gasteiger partial charge in [-0.2, -0.15) is 0 Å². The molecule has 18 heavy (non-hydrogen) atoms. The van der Waals surface area contributed by atoms with Gasteiger partial charge >= 0.3 is 5.82 Å². The standard InChI is InChI=1S/C15H22N3/c1-11(2)14-8-6-7-9-15(14)17-10-16-13(5)18(17)12(3)4/h6-12H,1-5H3/q+1. The zero-order valence-electron chi connectivity index (χ0n) is 11.9. The maximum Gasteiger partial charge on any atom is 0.316 e. The molecule has 0 fully saturated rings. The van der Waals surface area contributed by atoms with Crippen LogP contribution in [0.4, 0.5) is 0 Å². The average molecular weight is 244 g/mol. The van der Waals surface area contributed by atoms with E-state index >= 15 is 0 Å². The number of hydrogen-bond acceptors (Lipinski definition) is 1. The number of rotatable bonds is 3. The van der Waals surface area contributed by atoms with Crippen LogP contribution < -0.4 is 4.68 Å². The summed E-state index contributed by atoms with van der Waals surface area (Å²) in [5.41, 5.74) is 2.58. The highest BCUT2D eigenvalue weighted by atomic mass is 15.5. The van der Waals surface area contributed by atoms with Gasteiger partial charge in [-0.3, -0.25) is 0 Å². The average Bonchev–Trinajstić information content (AvgIpc) is 2.71. The molecule has 0 bridgehead atoms. The normalized spacial score (nSPS) is 11.5. The second kappa shape index (κ2) is 4.92. The molecule has 2 aromatic rings. The zero-order chi connectivity index (χ0) is 13.3. The van der Waals surface area contributed by atoms with Crippen molar-refractivity contribution in [1.82, 2.24) is 9.67 Å². The van der Waals surface area contributed by atoms with E-state index in [9.17, 15) is 0 Å². The van der Waals surface area contributed by atoms with Crippen LogP contribution in [0, 0.1) is 6.92 Å². The van der Waals surface area contributed by atoms with Gasteiger partial charge in [-0.1, -0.05) is 32.0 Å². The second-order valence-corrected chi connectivity index (χ2v) is 5.29. The van der Waals surface area contributed by atoms with Crippen LogP contribution in [-0.4, -0.2) is 9.67 Å². The van der Waals surface area contributed by atoms with Crippen LogP contribution in [0.25, 0.3) is 5.69 Å². The van der Waals surface area contributed by atoms with E-state index in [4.69, 9.17) is 0 Å². The molecule has 0 aliphatic heterocycles. The van der Waals surface area contributed by atoms with Gasteiger partial charge in [0.25, 0.3) is 0 Å². The minimum Gasteiger partial charge on any atom is -0.147 e. The van der Waals surface area contributed by atoms with Crippen LogP contribution in [0.1, 0.15) is 51.0 Å². The molecule has 0 aliphatic carbocycles. The molecular weight excluding hydrogens is 222 g/mol. The highest BCUT2D eigenvalue weighted by Gasteiger charge is 2.20. The Morgan fingerprint density at radius 1 is 1.11 bits per heavy atom. The summed E-state index contributed by atoms with van der Waals surface area (Å²) in [7, 11) is 0. The molecule has 0 saturated heterocycles. The number of aromatic nitrogens is 3. The summed E-state index contributed by atoms with van der Waals surface area (Å²) in [6.45, 7) is 10.9. The number of hydrogen-bond donors (Lipinski definition) is 0. The van der Waals surface area contributed by atoms with Crippen LogP contribution in [0.3, 0.4) is 0 Å².